The highest BCUT2D eigenvalue weighted by molar-refractivity contribution is 5.69. The van der Waals surface area contributed by atoms with E-state index in [1.807, 2.05) is 36.1 Å². The van der Waals surface area contributed by atoms with E-state index in [0.717, 1.165) is 37.1 Å². The van der Waals surface area contributed by atoms with Crippen molar-refractivity contribution in [3.63, 3.8) is 0 Å². The van der Waals surface area contributed by atoms with Crippen molar-refractivity contribution in [2.45, 2.75) is 82.9 Å². The van der Waals surface area contributed by atoms with E-state index in [1.165, 1.54) is 18.4 Å². The molecule has 0 aromatic carbocycles. The molecule has 1 saturated carbocycles. The average Bonchev–Trinajstić information content (AvgIpc) is 3.33. The molecule has 2 aromatic rings. The lowest BCUT2D eigenvalue weighted by Gasteiger charge is -2.39. The molecule has 156 valence electrons. The van der Waals surface area contributed by atoms with Crippen molar-refractivity contribution < 1.29 is 14.3 Å². The number of pyridine rings is 1. The SMILES string of the molecule is CC(C)(C)OC(=O)N1C2CCC1CC(COc1cc3nncn3cc1C1CC1)C2. The van der Waals surface area contributed by atoms with Gasteiger partial charge in [-0.1, -0.05) is 0 Å². The van der Waals surface area contributed by atoms with Crippen LogP contribution in [0.3, 0.4) is 0 Å². The van der Waals surface area contributed by atoms with E-state index >= 15 is 0 Å². The predicted molar refractivity (Wildman–Crippen MR) is 108 cm³/mol. The summed E-state index contributed by atoms with van der Waals surface area (Å²) >= 11 is 0. The summed E-state index contributed by atoms with van der Waals surface area (Å²) in [6.45, 7) is 6.48. The summed E-state index contributed by atoms with van der Waals surface area (Å²) in [7, 11) is 0. The molecule has 3 fully saturated rings. The summed E-state index contributed by atoms with van der Waals surface area (Å²) in [6, 6.07) is 2.57. The van der Waals surface area contributed by atoms with Gasteiger partial charge >= 0.3 is 6.09 Å². The van der Waals surface area contributed by atoms with Crippen LogP contribution in [0, 0.1) is 5.92 Å². The van der Waals surface area contributed by atoms with Gasteiger partial charge in [0.15, 0.2) is 5.65 Å². The molecule has 3 aliphatic rings. The minimum atomic E-state index is -0.448. The molecule has 0 radical (unpaired) electrons. The van der Waals surface area contributed by atoms with Gasteiger partial charge in [0, 0.05) is 29.9 Å². The van der Waals surface area contributed by atoms with Gasteiger partial charge in [-0.25, -0.2) is 4.79 Å². The van der Waals surface area contributed by atoms with Gasteiger partial charge in [-0.2, -0.15) is 0 Å². The number of hydrogen-bond donors (Lipinski definition) is 0. The molecule has 7 nitrogen and oxygen atoms in total. The minimum Gasteiger partial charge on any atom is -0.493 e. The summed E-state index contributed by atoms with van der Waals surface area (Å²) in [4.78, 5) is 14.6. The van der Waals surface area contributed by atoms with Gasteiger partial charge in [-0.3, -0.25) is 4.40 Å². The summed E-state index contributed by atoms with van der Waals surface area (Å²) in [5, 5.41) is 8.16. The largest absolute Gasteiger partial charge is 0.493 e. The monoisotopic (exact) mass is 398 g/mol. The molecule has 1 aliphatic carbocycles. The number of nitrogens with zero attached hydrogens (tertiary/aromatic N) is 4. The maximum atomic E-state index is 12.6. The van der Waals surface area contributed by atoms with Crippen LogP contribution < -0.4 is 4.74 Å². The first-order valence-electron chi connectivity index (χ1n) is 10.8. The molecule has 5 rings (SSSR count). The van der Waals surface area contributed by atoms with Gasteiger partial charge in [0.05, 0.1) is 6.61 Å². The van der Waals surface area contributed by atoms with E-state index in [-0.39, 0.29) is 18.2 Å². The number of rotatable bonds is 4. The van der Waals surface area contributed by atoms with Crippen molar-refractivity contribution in [2.75, 3.05) is 6.61 Å². The smallest absolute Gasteiger partial charge is 0.410 e. The molecule has 0 N–H and O–H groups in total. The van der Waals surface area contributed by atoms with E-state index in [2.05, 4.69) is 16.4 Å². The molecule has 7 heteroatoms. The first-order valence-corrected chi connectivity index (χ1v) is 10.8. The molecule has 29 heavy (non-hydrogen) atoms. The quantitative estimate of drug-likeness (QED) is 0.773. The number of amides is 1. The van der Waals surface area contributed by atoms with Crippen LogP contribution in [0.25, 0.3) is 5.65 Å². The number of aromatic nitrogens is 3. The molecular weight excluding hydrogens is 368 g/mol. The zero-order valence-corrected chi connectivity index (χ0v) is 17.5. The number of fused-ring (bicyclic) bond motifs is 3. The zero-order valence-electron chi connectivity index (χ0n) is 17.5. The van der Waals surface area contributed by atoms with E-state index in [4.69, 9.17) is 9.47 Å². The van der Waals surface area contributed by atoms with Crippen molar-refractivity contribution in [1.82, 2.24) is 19.5 Å². The second-order valence-corrected chi connectivity index (χ2v) is 9.88. The molecule has 0 spiro atoms. The van der Waals surface area contributed by atoms with E-state index in [1.54, 1.807) is 6.33 Å². The van der Waals surface area contributed by atoms with E-state index in [9.17, 15) is 4.79 Å². The van der Waals surface area contributed by atoms with Crippen LogP contribution in [0.5, 0.6) is 5.75 Å². The number of carbonyl (C=O) groups is 1. The number of carbonyl (C=O) groups excluding carboxylic acids is 1. The Morgan fingerprint density at radius 3 is 2.55 bits per heavy atom. The summed E-state index contributed by atoms with van der Waals surface area (Å²) in [5.41, 5.74) is 1.64. The van der Waals surface area contributed by atoms with Crippen LogP contribution >= 0.6 is 0 Å². The van der Waals surface area contributed by atoms with Gasteiger partial charge in [0.1, 0.15) is 17.7 Å². The Labute approximate surface area is 171 Å². The van der Waals surface area contributed by atoms with Crippen LogP contribution in [0.2, 0.25) is 0 Å². The predicted octanol–water partition coefficient (Wildman–Crippen LogP) is 4.16. The van der Waals surface area contributed by atoms with Gasteiger partial charge < -0.3 is 14.4 Å². The summed E-state index contributed by atoms with van der Waals surface area (Å²) in [6.07, 6.45) is 10.3. The van der Waals surface area contributed by atoms with Crippen molar-refractivity contribution in [3.05, 3.63) is 24.2 Å². The van der Waals surface area contributed by atoms with E-state index in [0.29, 0.717) is 18.4 Å². The van der Waals surface area contributed by atoms with Gasteiger partial charge in [0.2, 0.25) is 0 Å². The molecular formula is C22H30N4O3. The third kappa shape index (κ3) is 3.79. The van der Waals surface area contributed by atoms with Crippen LogP contribution in [0.4, 0.5) is 4.79 Å². The van der Waals surface area contributed by atoms with Crippen LogP contribution in [-0.2, 0) is 4.74 Å². The highest BCUT2D eigenvalue weighted by Crippen LogP contribution is 2.45. The number of piperidine rings is 1. The average molecular weight is 399 g/mol. The maximum Gasteiger partial charge on any atom is 0.410 e. The fourth-order valence-corrected chi connectivity index (χ4v) is 4.94. The summed E-state index contributed by atoms with van der Waals surface area (Å²) in [5.74, 6) is 2.02. The summed E-state index contributed by atoms with van der Waals surface area (Å²) < 4.78 is 14.0. The Bertz CT molecular complexity index is 900. The van der Waals surface area contributed by atoms with Crippen molar-refractivity contribution in [3.8, 4) is 5.75 Å². The molecule has 1 amide bonds. The number of ether oxygens (including phenoxy) is 2. The topological polar surface area (TPSA) is 69.0 Å². The Kier molecular flexibility index (Phi) is 4.44. The highest BCUT2D eigenvalue weighted by atomic mass is 16.6. The molecule has 4 heterocycles. The lowest BCUT2D eigenvalue weighted by molar-refractivity contribution is -0.000986. The third-order valence-corrected chi connectivity index (χ3v) is 6.35. The standard InChI is InChI=1S/C22H30N4O3/c1-22(2,3)29-21(27)26-16-6-7-17(26)9-14(8-16)12-28-19-10-20-24-23-13-25(20)11-18(19)15-4-5-15/h10-11,13-17H,4-9,12H2,1-3H3. The Hall–Kier alpha value is -2.31. The van der Waals surface area contributed by atoms with E-state index < -0.39 is 5.60 Å². The first kappa shape index (κ1) is 18.7. The zero-order chi connectivity index (χ0) is 20.2. The van der Waals surface area contributed by atoms with Crippen molar-refractivity contribution >= 4 is 11.7 Å². The minimum absolute atomic E-state index is 0.155. The molecule has 2 saturated heterocycles. The molecule has 2 atom stereocenters. The lowest BCUT2D eigenvalue weighted by Crippen LogP contribution is -2.49. The Morgan fingerprint density at radius 2 is 1.90 bits per heavy atom. The lowest BCUT2D eigenvalue weighted by atomic mass is 9.91. The fourth-order valence-electron chi connectivity index (χ4n) is 4.94. The molecule has 2 bridgehead atoms. The normalized spacial score (nSPS) is 26.7. The van der Waals surface area contributed by atoms with Crippen molar-refractivity contribution in [1.29, 1.82) is 0 Å². The fraction of sp³-hybridized carbons (Fsp3) is 0.682. The Balaban J connectivity index is 1.25. The molecule has 2 aliphatic heterocycles. The van der Waals surface area contributed by atoms with Gasteiger partial charge in [-0.05, 0) is 71.1 Å². The van der Waals surface area contributed by atoms with Gasteiger partial charge in [-0.15, -0.1) is 10.2 Å². The third-order valence-electron chi connectivity index (χ3n) is 6.35. The van der Waals surface area contributed by atoms with Gasteiger partial charge in [0.25, 0.3) is 0 Å². The second kappa shape index (κ2) is 6.89. The second-order valence-electron chi connectivity index (χ2n) is 9.88. The molecule has 2 aromatic heterocycles. The maximum absolute atomic E-state index is 12.6. The molecule has 2 unspecified atom stereocenters. The van der Waals surface area contributed by atoms with Crippen molar-refractivity contribution in [2.24, 2.45) is 5.92 Å². The first-order chi connectivity index (χ1) is 13.9. The van der Waals surface area contributed by atoms with Crippen LogP contribution in [0.15, 0.2) is 18.6 Å². The number of hydrogen-bond acceptors (Lipinski definition) is 5. The van der Waals surface area contributed by atoms with Crippen LogP contribution in [0.1, 0.15) is 70.8 Å². The van der Waals surface area contributed by atoms with Crippen LogP contribution in [-0.4, -0.2) is 49.9 Å². The highest BCUT2D eigenvalue weighted by Gasteiger charge is 2.45. The Morgan fingerprint density at radius 1 is 1.17 bits per heavy atom.